The molecule has 4 aliphatic carbocycles. The summed E-state index contributed by atoms with van der Waals surface area (Å²) < 4.78 is 74.1. The second-order valence-corrected chi connectivity index (χ2v) is 16.2. The Morgan fingerprint density at radius 1 is 0.800 bits per heavy atom. The summed E-state index contributed by atoms with van der Waals surface area (Å²) in [5, 5.41) is 20.7. The Labute approximate surface area is 240 Å². The summed E-state index contributed by atoms with van der Waals surface area (Å²) in [5.74, 6) is 1.88. The highest BCUT2D eigenvalue weighted by Gasteiger charge is 2.62. The summed E-state index contributed by atoms with van der Waals surface area (Å²) in [6, 6.07) is 0. The van der Waals surface area contributed by atoms with E-state index in [1.165, 1.54) is 0 Å². The molecule has 12 atom stereocenters. The maximum absolute atomic E-state index is 11.5. The Balaban J connectivity index is 1.51. The Bertz CT molecular complexity index is 1100. The van der Waals surface area contributed by atoms with Crippen LogP contribution < -0.4 is 0 Å². The summed E-state index contributed by atoms with van der Waals surface area (Å²) in [5.41, 5.74) is -0.141. The maximum atomic E-state index is 11.5. The normalized spacial score (nSPS) is 42.4. The van der Waals surface area contributed by atoms with E-state index in [2.05, 4.69) is 20.8 Å². The lowest BCUT2D eigenvalue weighted by Crippen LogP contribution is -2.59. The molecule has 4 N–H and O–H groups in total. The highest BCUT2D eigenvalue weighted by molar-refractivity contribution is 7.81. The molecule has 4 saturated carbocycles. The fourth-order valence-electron chi connectivity index (χ4n) is 9.89. The minimum atomic E-state index is -4.64. The molecule has 0 amide bonds. The largest absolute Gasteiger partial charge is 0.397 e. The van der Waals surface area contributed by atoms with Crippen LogP contribution in [0.1, 0.15) is 91.9 Å². The SMILES string of the molecule is C[C@H](CO)[C@H](C)CC[C@@H](COS(=O)(=O)O)[C@H]1CC[C@H]2[C@@H]3CC[C@@H]4[C@H](O)[C@H](OS(=O)(=O)O)CC[C@]4(C)[C@H]3CC[C@]12C. The molecule has 4 aliphatic rings. The maximum Gasteiger partial charge on any atom is 0.397 e. The van der Waals surface area contributed by atoms with Gasteiger partial charge in [-0.05, 0) is 116 Å². The third-order valence-electron chi connectivity index (χ3n) is 12.3. The highest BCUT2D eigenvalue weighted by atomic mass is 32.3. The first-order valence-electron chi connectivity index (χ1n) is 15.1. The van der Waals surface area contributed by atoms with E-state index in [4.69, 9.17) is 8.37 Å². The molecule has 0 radical (unpaired) electrons. The smallest absolute Gasteiger partial charge is 0.396 e. The second-order valence-electron chi connectivity index (χ2n) is 14.1. The Hall–Kier alpha value is -0.340. The lowest BCUT2D eigenvalue weighted by atomic mass is 9.44. The predicted octanol–water partition coefficient (Wildman–Crippen LogP) is 4.28. The molecule has 4 rings (SSSR count). The van der Waals surface area contributed by atoms with E-state index >= 15 is 0 Å². The van der Waals surface area contributed by atoms with Crippen LogP contribution in [0.4, 0.5) is 0 Å². The Kier molecular flexibility index (Phi) is 9.75. The highest BCUT2D eigenvalue weighted by Crippen LogP contribution is 2.68. The molecule has 0 aromatic rings. The van der Waals surface area contributed by atoms with Gasteiger partial charge in [0.2, 0.25) is 0 Å². The lowest BCUT2D eigenvalue weighted by molar-refractivity contribution is -0.171. The molecule has 0 unspecified atom stereocenters. The Morgan fingerprint density at radius 3 is 2.05 bits per heavy atom. The van der Waals surface area contributed by atoms with Crippen molar-refractivity contribution in [3.05, 3.63) is 0 Å². The van der Waals surface area contributed by atoms with Gasteiger partial charge in [-0.25, -0.2) is 8.37 Å². The van der Waals surface area contributed by atoms with Crippen LogP contribution >= 0.6 is 0 Å². The number of hydrogen-bond acceptors (Lipinski definition) is 8. The van der Waals surface area contributed by atoms with Gasteiger partial charge in [-0.3, -0.25) is 9.11 Å². The van der Waals surface area contributed by atoms with Crippen LogP contribution in [0.3, 0.4) is 0 Å². The number of fused-ring (bicyclic) bond motifs is 5. The van der Waals surface area contributed by atoms with E-state index < -0.39 is 33.0 Å². The molecule has 0 aromatic heterocycles. The summed E-state index contributed by atoms with van der Waals surface area (Å²) >= 11 is 0. The van der Waals surface area contributed by atoms with Crippen molar-refractivity contribution in [1.29, 1.82) is 0 Å². The molecule has 4 fully saturated rings. The molecule has 0 aliphatic heterocycles. The van der Waals surface area contributed by atoms with Gasteiger partial charge < -0.3 is 10.2 Å². The monoisotopic (exact) mass is 610 g/mol. The van der Waals surface area contributed by atoms with Gasteiger partial charge in [0.05, 0.1) is 12.7 Å². The average molecular weight is 611 g/mol. The first kappa shape index (κ1) is 32.6. The van der Waals surface area contributed by atoms with Crippen LogP contribution in [-0.2, 0) is 29.2 Å². The van der Waals surface area contributed by atoms with Gasteiger partial charge in [-0.15, -0.1) is 0 Å². The van der Waals surface area contributed by atoms with Crippen molar-refractivity contribution < 1.29 is 44.5 Å². The molecule has 12 heteroatoms. The second kappa shape index (κ2) is 12.0. The molecular weight excluding hydrogens is 560 g/mol. The van der Waals surface area contributed by atoms with Crippen LogP contribution in [0.5, 0.6) is 0 Å². The molecule has 40 heavy (non-hydrogen) atoms. The molecule has 0 aromatic carbocycles. The zero-order chi connectivity index (χ0) is 29.7. The third kappa shape index (κ3) is 6.59. The number of aliphatic hydroxyl groups is 2. The van der Waals surface area contributed by atoms with E-state index in [1.807, 2.05) is 6.92 Å². The molecule has 234 valence electrons. The van der Waals surface area contributed by atoms with Crippen molar-refractivity contribution in [1.82, 2.24) is 0 Å². The number of hydrogen-bond donors (Lipinski definition) is 4. The van der Waals surface area contributed by atoms with Gasteiger partial charge in [0, 0.05) is 6.61 Å². The van der Waals surface area contributed by atoms with E-state index in [-0.39, 0.29) is 53.6 Å². The minimum absolute atomic E-state index is 0.00728. The van der Waals surface area contributed by atoms with Crippen LogP contribution in [-0.4, -0.2) is 61.6 Å². The van der Waals surface area contributed by atoms with Gasteiger partial charge in [0.1, 0.15) is 6.10 Å². The van der Waals surface area contributed by atoms with Gasteiger partial charge in [-0.2, -0.15) is 16.8 Å². The van der Waals surface area contributed by atoms with E-state index in [0.717, 1.165) is 57.8 Å². The molecule has 0 spiro atoms. The van der Waals surface area contributed by atoms with E-state index in [1.54, 1.807) is 0 Å². The van der Waals surface area contributed by atoms with Crippen molar-refractivity contribution in [2.75, 3.05) is 13.2 Å². The fraction of sp³-hybridized carbons (Fsp3) is 1.00. The summed E-state index contributed by atoms with van der Waals surface area (Å²) in [6.45, 7) is 8.78. The molecular formula is C28H50O10S2. The molecule has 0 saturated heterocycles. The average Bonchev–Trinajstić information content (AvgIpc) is 3.21. The van der Waals surface area contributed by atoms with Crippen molar-refractivity contribution in [2.24, 2.45) is 58.2 Å². The predicted molar refractivity (Wildman–Crippen MR) is 149 cm³/mol. The van der Waals surface area contributed by atoms with E-state index in [0.29, 0.717) is 24.2 Å². The number of aliphatic hydroxyl groups excluding tert-OH is 2. The van der Waals surface area contributed by atoms with Gasteiger partial charge in [-0.1, -0.05) is 34.1 Å². The van der Waals surface area contributed by atoms with Crippen LogP contribution in [0, 0.1) is 58.2 Å². The van der Waals surface area contributed by atoms with Gasteiger partial charge in [0.15, 0.2) is 0 Å². The lowest BCUT2D eigenvalue weighted by Gasteiger charge is -2.62. The van der Waals surface area contributed by atoms with Crippen LogP contribution in [0.2, 0.25) is 0 Å². The van der Waals surface area contributed by atoms with Crippen molar-refractivity contribution in [3.63, 3.8) is 0 Å². The van der Waals surface area contributed by atoms with Crippen LogP contribution in [0.25, 0.3) is 0 Å². The zero-order valence-electron chi connectivity index (χ0n) is 24.3. The quantitative estimate of drug-likeness (QED) is 0.248. The summed E-state index contributed by atoms with van der Waals surface area (Å²) in [7, 11) is -9.19. The topological polar surface area (TPSA) is 168 Å². The zero-order valence-corrected chi connectivity index (χ0v) is 25.9. The summed E-state index contributed by atoms with van der Waals surface area (Å²) in [6.07, 6.45) is 6.54. The molecule has 0 bridgehead atoms. The standard InChI is InChI=1S/C28H50O10S2/c1-17(18(2)15-29)5-6-19(16-37-39(31,32)33)21-9-10-22-20-7-8-24-26(30)25(38-40(34,35)36)12-14-28(24,4)23(20)11-13-27(21,22)3/h17-26,29-30H,5-16H2,1-4H3,(H,31,32,33)(H,34,35,36)/t17-,18-,19+,20+,21-,22+,23+,24-,25-,26+,27-,28-/m1/s1. The van der Waals surface area contributed by atoms with Gasteiger partial charge >= 0.3 is 20.8 Å². The molecule has 0 heterocycles. The van der Waals surface area contributed by atoms with Gasteiger partial charge in [0.25, 0.3) is 0 Å². The minimum Gasteiger partial charge on any atom is -0.396 e. The van der Waals surface area contributed by atoms with E-state index in [9.17, 15) is 36.2 Å². The third-order valence-corrected chi connectivity index (χ3v) is 13.2. The summed E-state index contributed by atoms with van der Waals surface area (Å²) in [4.78, 5) is 0. The van der Waals surface area contributed by atoms with Crippen LogP contribution in [0.15, 0.2) is 0 Å². The first-order valence-corrected chi connectivity index (χ1v) is 17.8. The van der Waals surface area contributed by atoms with Crippen molar-refractivity contribution in [3.8, 4) is 0 Å². The molecule has 10 nitrogen and oxygen atoms in total. The Morgan fingerprint density at radius 2 is 1.43 bits per heavy atom. The van der Waals surface area contributed by atoms with Crippen molar-refractivity contribution in [2.45, 2.75) is 104 Å². The van der Waals surface area contributed by atoms with Crippen molar-refractivity contribution >= 4 is 20.8 Å². The first-order chi connectivity index (χ1) is 18.5. The number of rotatable bonds is 11. The fourth-order valence-corrected chi connectivity index (χ4v) is 10.8.